The summed E-state index contributed by atoms with van der Waals surface area (Å²) in [5.41, 5.74) is 0.0422. The second kappa shape index (κ2) is 5.49. The summed E-state index contributed by atoms with van der Waals surface area (Å²) in [5, 5.41) is 10.3. The smallest absolute Gasteiger partial charge is 0.236 e. The van der Waals surface area contributed by atoms with Gasteiger partial charge in [-0.25, -0.2) is 21.9 Å². The van der Waals surface area contributed by atoms with Crippen LogP contribution < -0.4 is 4.31 Å². The number of hydrogen-bond acceptors (Lipinski definition) is 5. The SMILES string of the molecule is CN(c1ccc(F)c(F)c1)S(=O)(=O)CCn1cnnn1. The number of benzene rings is 1. The molecule has 1 heterocycles. The molecule has 1 aromatic heterocycles. The first kappa shape index (κ1) is 14.3. The lowest BCUT2D eigenvalue weighted by atomic mass is 10.3. The van der Waals surface area contributed by atoms with E-state index < -0.39 is 21.7 Å². The number of nitrogens with zero attached hydrogens (tertiary/aromatic N) is 5. The molecule has 0 N–H and O–H groups in total. The highest BCUT2D eigenvalue weighted by Gasteiger charge is 2.19. The van der Waals surface area contributed by atoms with Crippen LogP contribution in [-0.2, 0) is 16.6 Å². The Morgan fingerprint density at radius 1 is 1.30 bits per heavy atom. The number of aryl methyl sites for hydroxylation is 1. The van der Waals surface area contributed by atoms with Crippen LogP contribution >= 0.6 is 0 Å². The number of rotatable bonds is 5. The lowest BCUT2D eigenvalue weighted by Crippen LogP contribution is -2.31. The van der Waals surface area contributed by atoms with E-state index in [0.29, 0.717) is 0 Å². The second-order valence-corrected chi connectivity index (χ2v) is 6.07. The summed E-state index contributed by atoms with van der Waals surface area (Å²) >= 11 is 0. The summed E-state index contributed by atoms with van der Waals surface area (Å²) in [5.74, 6) is -2.41. The summed E-state index contributed by atoms with van der Waals surface area (Å²) in [7, 11) is -2.43. The lowest BCUT2D eigenvalue weighted by molar-refractivity contribution is 0.508. The van der Waals surface area contributed by atoms with E-state index in [4.69, 9.17) is 0 Å². The van der Waals surface area contributed by atoms with Crippen LogP contribution in [0.1, 0.15) is 0 Å². The maximum Gasteiger partial charge on any atom is 0.236 e. The molecule has 2 rings (SSSR count). The molecule has 0 aliphatic heterocycles. The number of halogens is 2. The van der Waals surface area contributed by atoms with Crippen LogP contribution in [0.15, 0.2) is 24.5 Å². The molecule has 0 radical (unpaired) electrons. The van der Waals surface area contributed by atoms with E-state index >= 15 is 0 Å². The molecule has 20 heavy (non-hydrogen) atoms. The number of hydrogen-bond donors (Lipinski definition) is 0. The van der Waals surface area contributed by atoms with Crippen molar-refractivity contribution in [3.05, 3.63) is 36.2 Å². The van der Waals surface area contributed by atoms with Crippen LogP contribution in [0.25, 0.3) is 0 Å². The molecule has 0 atom stereocenters. The quantitative estimate of drug-likeness (QED) is 0.799. The van der Waals surface area contributed by atoms with E-state index in [9.17, 15) is 17.2 Å². The van der Waals surface area contributed by atoms with Gasteiger partial charge in [0.2, 0.25) is 10.0 Å². The van der Waals surface area contributed by atoms with Crippen LogP contribution in [0.5, 0.6) is 0 Å². The van der Waals surface area contributed by atoms with Crippen molar-refractivity contribution in [2.45, 2.75) is 6.54 Å². The Morgan fingerprint density at radius 3 is 2.65 bits per heavy atom. The fourth-order valence-corrected chi connectivity index (χ4v) is 2.60. The van der Waals surface area contributed by atoms with Gasteiger partial charge in [0.25, 0.3) is 0 Å². The fraction of sp³-hybridized carbons (Fsp3) is 0.300. The predicted molar refractivity (Wildman–Crippen MR) is 66.4 cm³/mol. The summed E-state index contributed by atoms with van der Waals surface area (Å²) < 4.78 is 52.2. The summed E-state index contributed by atoms with van der Waals surface area (Å²) in [4.78, 5) is 0. The zero-order valence-electron chi connectivity index (χ0n) is 10.4. The molecule has 7 nitrogen and oxygen atoms in total. The molecule has 0 saturated heterocycles. The number of anilines is 1. The lowest BCUT2D eigenvalue weighted by Gasteiger charge is -2.19. The first-order valence-electron chi connectivity index (χ1n) is 5.52. The third-order valence-corrected chi connectivity index (χ3v) is 4.40. The van der Waals surface area contributed by atoms with E-state index in [1.165, 1.54) is 24.1 Å². The zero-order chi connectivity index (χ0) is 14.8. The Labute approximate surface area is 113 Å². The number of aromatic nitrogens is 4. The third-order valence-electron chi connectivity index (χ3n) is 2.65. The van der Waals surface area contributed by atoms with Gasteiger partial charge in [0.15, 0.2) is 11.6 Å². The van der Waals surface area contributed by atoms with E-state index in [1.807, 2.05) is 0 Å². The summed E-state index contributed by atoms with van der Waals surface area (Å²) in [6, 6.07) is 2.88. The summed E-state index contributed by atoms with van der Waals surface area (Å²) in [6.07, 6.45) is 1.28. The van der Waals surface area contributed by atoms with Gasteiger partial charge >= 0.3 is 0 Å². The Kier molecular flexibility index (Phi) is 3.93. The van der Waals surface area contributed by atoms with Crippen LogP contribution in [0.3, 0.4) is 0 Å². The van der Waals surface area contributed by atoms with Gasteiger partial charge in [-0.15, -0.1) is 5.10 Å². The van der Waals surface area contributed by atoms with E-state index in [1.54, 1.807) is 0 Å². The monoisotopic (exact) mass is 303 g/mol. The summed E-state index contributed by atoms with van der Waals surface area (Å²) in [6.45, 7) is 0.0589. The first-order chi connectivity index (χ1) is 9.40. The van der Waals surface area contributed by atoms with Crippen LogP contribution in [-0.4, -0.2) is 41.4 Å². The van der Waals surface area contributed by atoms with Crippen molar-refractivity contribution >= 4 is 15.7 Å². The minimum absolute atomic E-state index is 0.0422. The van der Waals surface area contributed by atoms with Crippen LogP contribution in [0, 0.1) is 11.6 Å². The molecule has 0 aliphatic rings. The van der Waals surface area contributed by atoms with Crippen molar-refractivity contribution in [1.29, 1.82) is 0 Å². The van der Waals surface area contributed by atoms with E-state index in [2.05, 4.69) is 15.5 Å². The normalized spacial score (nSPS) is 11.6. The van der Waals surface area contributed by atoms with Gasteiger partial charge in [-0.2, -0.15) is 0 Å². The van der Waals surface area contributed by atoms with Gasteiger partial charge in [-0.3, -0.25) is 4.31 Å². The fourth-order valence-electron chi connectivity index (χ4n) is 1.47. The molecule has 0 aliphatic carbocycles. The maximum absolute atomic E-state index is 13.1. The molecule has 0 fully saturated rings. The highest BCUT2D eigenvalue weighted by molar-refractivity contribution is 7.92. The maximum atomic E-state index is 13.1. The molecular formula is C10H11F2N5O2S. The molecule has 0 saturated carbocycles. The standard InChI is InChI=1S/C10H11F2N5O2S/c1-16(8-2-3-9(11)10(12)6-8)20(18,19)5-4-17-7-13-14-15-17/h2-3,6-7H,4-5H2,1H3. The minimum Gasteiger partial charge on any atom is -0.273 e. The van der Waals surface area contributed by atoms with Crippen LogP contribution in [0.4, 0.5) is 14.5 Å². The Bertz CT molecular complexity index is 690. The van der Waals surface area contributed by atoms with Crippen molar-refractivity contribution in [3.63, 3.8) is 0 Å². The average Bonchev–Trinajstić information content (AvgIpc) is 2.92. The van der Waals surface area contributed by atoms with Crippen molar-refractivity contribution in [2.75, 3.05) is 17.1 Å². The van der Waals surface area contributed by atoms with Gasteiger partial charge in [0.1, 0.15) is 6.33 Å². The highest BCUT2D eigenvalue weighted by atomic mass is 32.2. The Hall–Kier alpha value is -2.10. The number of sulfonamides is 1. The van der Waals surface area contributed by atoms with Gasteiger partial charge in [0.05, 0.1) is 18.0 Å². The molecule has 0 unspecified atom stereocenters. The highest BCUT2D eigenvalue weighted by Crippen LogP contribution is 2.19. The molecular weight excluding hydrogens is 292 g/mol. The number of tetrazole rings is 1. The van der Waals surface area contributed by atoms with Gasteiger partial charge in [-0.05, 0) is 22.6 Å². The van der Waals surface area contributed by atoms with Crippen LogP contribution in [0.2, 0.25) is 0 Å². The van der Waals surface area contributed by atoms with Crippen molar-refractivity contribution < 1.29 is 17.2 Å². The third kappa shape index (κ3) is 3.07. The Balaban J connectivity index is 2.13. The van der Waals surface area contributed by atoms with Gasteiger partial charge < -0.3 is 0 Å². The first-order valence-corrected chi connectivity index (χ1v) is 7.13. The van der Waals surface area contributed by atoms with Crippen molar-refractivity contribution in [3.8, 4) is 0 Å². The largest absolute Gasteiger partial charge is 0.273 e. The molecule has 108 valence electrons. The van der Waals surface area contributed by atoms with Gasteiger partial charge in [-0.1, -0.05) is 0 Å². The Morgan fingerprint density at radius 2 is 2.05 bits per heavy atom. The average molecular weight is 303 g/mol. The molecule has 10 heteroatoms. The predicted octanol–water partition coefficient (Wildman–Crippen LogP) is 0.417. The van der Waals surface area contributed by atoms with Crippen molar-refractivity contribution in [1.82, 2.24) is 20.2 Å². The minimum atomic E-state index is -3.69. The van der Waals surface area contributed by atoms with Crippen molar-refractivity contribution in [2.24, 2.45) is 0 Å². The molecule has 1 aromatic carbocycles. The second-order valence-electron chi connectivity index (χ2n) is 3.95. The molecule has 2 aromatic rings. The van der Waals surface area contributed by atoms with E-state index in [-0.39, 0.29) is 18.0 Å². The topological polar surface area (TPSA) is 81.0 Å². The molecule has 0 bridgehead atoms. The molecule has 0 spiro atoms. The zero-order valence-corrected chi connectivity index (χ0v) is 11.3. The van der Waals surface area contributed by atoms with Gasteiger partial charge in [0, 0.05) is 13.1 Å². The molecule has 0 amide bonds. The van der Waals surface area contributed by atoms with E-state index in [0.717, 1.165) is 16.4 Å².